The summed E-state index contributed by atoms with van der Waals surface area (Å²) in [7, 11) is 1.75. The molecule has 0 saturated heterocycles. The van der Waals surface area contributed by atoms with Crippen LogP contribution in [-0.4, -0.2) is 38.8 Å². The van der Waals surface area contributed by atoms with E-state index in [1.165, 1.54) is 0 Å². The molecule has 2 aromatic rings. The molecular weight excluding hydrogens is 344 g/mol. The van der Waals surface area contributed by atoms with Gasteiger partial charge in [0, 0.05) is 31.3 Å². The van der Waals surface area contributed by atoms with Gasteiger partial charge in [0.05, 0.1) is 12.2 Å². The lowest BCUT2D eigenvalue weighted by Gasteiger charge is -2.29. The number of ether oxygens (including phenoxy) is 1. The van der Waals surface area contributed by atoms with Crippen molar-refractivity contribution in [1.82, 2.24) is 14.7 Å². The summed E-state index contributed by atoms with van der Waals surface area (Å²) in [5.74, 6) is -0.233. The van der Waals surface area contributed by atoms with Crippen LogP contribution < -0.4 is 5.32 Å². The summed E-state index contributed by atoms with van der Waals surface area (Å²) in [5.41, 5.74) is 3.34. The standard InChI is InChI=1S/C20H26N4O3/c1-13-7-6-8-14(11-13)21-18(25)17-15-12-24(19(26)27-20(2,3)4)10-9-16(15)22-23(17)5/h6-8,11H,9-10,12H2,1-5H3,(H,21,25). The molecule has 2 amide bonds. The number of carbonyl (C=O) groups is 2. The van der Waals surface area contributed by atoms with Crippen LogP contribution in [0.25, 0.3) is 0 Å². The van der Waals surface area contributed by atoms with Crippen LogP contribution in [0.5, 0.6) is 0 Å². The van der Waals surface area contributed by atoms with Gasteiger partial charge < -0.3 is 15.0 Å². The average molecular weight is 370 g/mol. The number of carbonyl (C=O) groups excluding carboxylic acids is 2. The van der Waals surface area contributed by atoms with Crippen molar-refractivity contribution in [2.75, 3.05) is 11.9 Å². The molecule has 1 aromatic carbocycles. The summed E-state index contributed by atoms with van der Waals surface area (Å²) in [6.07, 6.45) is 0.224. The fraction of sp³-hybridized carbons (Fsp3) is 0.450. The Morgan fingerprint density at radius 3 is 2.67 bits per heavy atom. The van der Waals surface area contributed by atoms with Crippen molar-refractivity contribution in [2.24, 2.45) is 7.05 Å². The average Bonchev–Trinajstić information content (AvgIpc) is 2.88. The quantitative estimate of drug-likeness (QED) is 0.880. The van der Waals surface area contributed by atoms with Gasteiger partial charge in [-0.2, -0.15) is 5.10 Å². The minimum absolute atomic E-state index is 0.233. The molecule has 0 bridgehead atoms. The largest absolute Gasteiger partial charge is 0.444 e. The number of nitrogens with one attached hydrogen (secondary N) is 1. The second-order valence-electron chi connectivity index (χ2n) is 7.87. The highest BCUT2D eigenvalue weighted by atomic mass is 16.6. The van der Waals surface area contributed by atoms with Crippen LogP contribution in [0.3, 0.4) is 0 Å². The minimum Gasteiger partial charge on any atom is -0.444 e. The van der Waals surface area contributed by atoms with Crippen molar-refractivity contribution in [3.63, 3.8) is 0 Å². The molecule has 0 aliphatic carbocycles. The Kier molecular flexibility index (Phi) is 4.95. The van der Waals surface area contributed by atoms with Crippen LogP contribution in [0.4, 0.5) is 10.5 Å². The molecule has 2 heterocycles. The molecule has 7 heteroatoms. The van der Waals surface area contributed by atoms with Gasteiger partial charge in [0.25, 0.3) is 5.91 Å². The van der Waals surface area contributed by atoms with Gasteiger partial charge in [-0.25, -0.2) is 4.79 Å². The van der Waals surface area contributed by atoms with Crippen LogP contribution in [0.15, 0.2) is 24.3 Å². The van der Waals surface area contributed by atoms with E-state index in [1.807, 2.05) is 52.0 Å². The molecule has 0 atom stereocenters. The first kappa shape index (κ1) is 18.9. The SMILES string of the molecule is Cc1cccc(NC(=O)c2c3c(nn2C)CCN(C(=O)OC(C)(C)C)C3)c1. The molecule has 3 rings (SSSR count). The molecule has 27 heavy (non-hydrogen) atoms. The molecule has 1 aromatic heterocycles. The Bertz CT molecular complexity index is 880. The highest BCUT2D eigenvalue weighted by Gasteiger charge is 2.31. The van der Waals surface area contributed by atoms with Gasteiger partial charge in [0.2, 0.25) is 0 Å². The number of hydrogen-bond donors (Lipinski definition) is 1. The first-order valence-electron chi connectivity index (χ1n) is 9.05. The number of nitrogens with zero attached hydrogens (tertiary/aromatic N) is 3. The lowest BCUT2D eigenvalue weighted by molar-refractivity contribution is 0.0222. The van der Waals surface area contributed by atoms with E-state index in [1.54, 1.807) is 16.6 Å². The van der Waals surface area contributed by atoms with E-state index in [4.69, 9.17) is 4.74 Å². The molecule has 0 spiro atoms. The minimum atomic E-state index is -0.558. The van der Waals surface area contributed by atoms with Crippen molar-refractivity contribution in [3.8, 4) is 0 Å². The first-order valence-corrected chi connectivity index (χ1v) is 9.05. The molecule has 0 saturated carbocycles. The van der Waals surface area contributed by atoms with Crippen molar-refractivity contribution in [3.05, 3.63) is 46.8 Å². The molecule has 0 fully saturated rings. The van der Waals surface area contributed by atoms with Crippen LogP contribution in [0.1, 0.15) is 48.1 Å². The second-order valence-corrected chi connectivity index (χ2v) is 7.87. The Labute approximate surface area is 159 Å². The van der Waals surface area contributed by atoms with Crippen LogP contribution >= 0.6 is 0 Å². The number of aryl methyl sites for hydroxylation is 2. The maximum Gasteiger partial charge on any atom is 0.410 e. The van der Waals surface area contributed by atoms with Gasteiger partial charge >= 0.3 is 6.09 Å². The molecule has 0 radical (unpaired) electrons. The Balaban J connectivity index is 1.82. The number of benzene rings is 1. The van der Waals surface area contributed by atoms with Gasteiger partial charge in [0.1, 0.15) is 11.3 Å². The van der Waals surface area contributed by atoms with Crippen LogP contribution in [0.2, 0.25) is 0 Å². The van der Waals surface area contributed by atoms with E-state index < -0.39 is 5.60 Å². The van der Waals surface area contributed by atoms with Crippen molar-refractivity contribution < 1.29 is 14.3 Å². The zero-order chi connectivity index (χ0) is 19.8. The number of hydrogen-bond acceptors (Lipinski definition) is 4. The summed E-state index contributed by atoms with van der Waals surface area (Å²) in [4.78, 5) is 26.9. The molecule has 1 aliphatic heterocycles. The predicted molar refractivity (Wildman–Crippen MR) is 103 cm³/mol. The normalized spacial score (nSPS) is 13.9. The van der Waals surface area contributed by atoms with E-state index >= 15 is 0 Å². The Morgan fingerprint density at radius 2 is 2.00 bits per heavy atom. The van der Waals surface area contributed by atoms with Crippen molar-refractivity contribution in [1.29, 1.82) is 0 Å². The van der Waals surface area contributed by atoms with Gasteiger partial charge in [-0.3, -0.25) is 9.48 Å². The predicted octanol–water partition coefficient (Wildman–Crippen LogP) is 3.27. The highest BCUT2D eigenvalue weighted by Crippen LogP contribution is 2.24. The van der Waals surface area contributed by atoms with Gasteiger partial charge in [-0.15, -0.1) is 0 Å². The number of anilines is 1. The third-order valence-corrected chi connectivity index (χ3v) is 4.34. The van der Waals surface area contributed by atoms with Gasteiger partial charge in [0.15, 0.2) is 0 Å². The summed E-state index contributed by atoms with van der Waals surface area (Å²) >= 11 is 0. The van der Waals surface area contributed by atoms with E-state index in [2.05, 4.69) is 10.4 Å². The monoisotopic (exact) mass is 370 g/mol. The van der Waals surface area contributed by atoms with Crippen LogP contribution in [-0.2, 0) is 24.8 Å². The molecular formula is C20H26N4O3. The molecule has 0 unspecified atom stereocenters. The number of fused-ring (bicyclic) bond motifs is 1. The lowest BCUT2D eigenvalue weighted by Crippen LogP contribution is -2.40. The lowest BCUT2D eigenvalue weighted by atomic mass is 10.0. The highest BCUT2D eigenvalue weighted by molar-refractivity contribution is 6.04. The maximum atomic E-state index is 12.9. The summed E-state index contributed by atoms with van der Waals surface area (Å²) in [6, 6.07) is 7.63. The fourth-order valence-corrected chi connectivity index (χ4v) is 3.18. The zero-order valence-electron chi connectivity index (χ0n) is 16.5. The van der Waals surface area contributed by atoms with E-state index in [0.717, 1.165) is 22.5 Å². The van der Waals surface area contributed by atoms with Gasteiger partial charge in [-0.05, 0) is 45.4 Å². The smallest absolute Gasteiger partial charge is 0.410 e. The molecule has 1 aliphatic rings. The topological polar surface area (TPSA) is 76.5 Å². The van der Waals surface area contributed by atoms with E-state index in [9.17, 15) is 9.59 Å². The third-order valence-electron chi connectivity index (χ3n) is 4.34. The molecule has 7 nitrogen and oxygen atoms in total. The summed E-state index contributed by atoms with van der Waals surface area (Å²) in [5, 5.41) is 7.40. The Hall–Kier alpha value is -2.83. The molecule has 1 N–H and O–H groups in total. The summed E-state index contributed by atoms with van der Waals surface area (Å²) < 4.78 is 7.06. The van der Waals surface area contributed by atoms with E-state index in [-0.39, 0.29) is 12.0 Å². The maximum absolute atomic E-state index is 12.9. The molecule has 144 valence electrons. The summed E-state index contributed by atoms with van der Waals surface area (Å²) in [6.45, 7) is 8.33. The van der Waals surface area contributed by atoms with Crippen molar-refractivity contribution >= 4 is 17.7 Å². The van der Waals surface area contributed by atoms with Gasteiger partial charge in [-0.1, -0.05) is 12.1 Å². The Morgan fingerprint density at radius 1 is 1.26 bits per heavy atom. The number of amides is 2. The second kappa shape index (κ2) is 7.06. The fourth-order valence-electron chi connectivity index (χ4n) is 3.18. The van der Waals surface area contributed by atoms with E-state index in [0.29, 0.717) is 25.2 Å². The first-order chi connectivity index (χ1) is 12.6. The van der Waals surface area contributed by atoms with Crippen molar-refractivity contribution in [2.45, 2.75) is 46.3 Å². The number of aromatic nitrogens is 2. The zero-order valence-corrected chi connectivity index (χ0v) is 16.5. The number of rotatable bonds is 2. The third kappa shape index (κ3) is 4.30. The van der Waals surface area contributed by atoms with Crippen LogP contribution in [0, 0.1) is 6.92 Å².